The van der Waals surface area contributed by atoms with E-state index >= 15 is 0 Å². The van der Waals surface area contributed by atoms with Crippen LogP contribution < -0.4 is 5.73 Å². The lowest BCUT2D eigenvalue weighted by Gasteiger charge is -2.22. The second-order valence-electron chi connectivity index (χ2n) is 4.11. The molecule has 7 heteroatoms. The van der Waals surface area contributed by atoms with Gasteiger partial charge in [0, 0.05) is 11.0 Å². The molecular formula is C11H13BrN2O3S. The predicted molar refractivity (Wildman–Crippen MR) is 70.3 cm³/mol. The van der Waals surface area contributed by atoms with Gasteiger partial charge in [-0.3, -0.25) is 4.79 Å². The van der Waals surface area contributed by atoms with Gasteiger partial charge in [0.15, 0.2) is 0 Å². The van der Waals surface area contributed by atoms with Gasteiger partial charge >= 0.3 is 0 Å². The van der Waals surface area contributed by atoms with Crippen LogP contribution >= 0.6 is 15.9 Å². The summed E-state index contributed by atoms with van der Waals surface area (Å²) in [7, 11) is -3.68. The van der Waals surface area contributed by atoms with Gasteiger partial charge in [-0.05, 0) is 40.9 Å². The zero-order valence-corrected chi connectivity index (χ0v) is 11.9. The molecule has 0 aromatic heterocycles. The molecule has 0 saturated carbocycles. The van der Waals surface area contributed by atoms with Crippen LogP contribution in [0.3, 0.4) is 0 Å². The molecule has 1 atom stereocenters. The van der Waals surface area contributed by atoms with Crippen LogP contribution in [0, 0.1) is 0 Å². The number of amides is 1. The SMILES string of the molecule is NC(=O)[C@H]1CCCN1S(=O)(=O)c1ccccc1Br. The van der Waals surface area contributed by atoms with Gasteiger partial charge in [0.1, 0.15) is 6.04 Å². The lowest BCUT2D eigenvalue weighted by atomic mass is 10.2. The van der Waals surface area contributed by atoms with Gasteiger partial charge in [0.05, 0.1) is 4.90 Å². The van der Waals surface area contributed by atoms with Crippen molar-refractivity contribution in [2.75, 3.05) is 6.54 Å². The van der Waals surface area contributed by atoms with Gasteiger partial charge in [0.2, 0.25) is 15.9 Å². The van der Waals surface area contributed by atoms with Crippen LogP contribution in [0.25, 0.3) is 0 Å². The van der Waals surface area contributed by atoms with E-state index < -0.39 is 22.0 Å². The molecule has 1 aromatic carbocycles. The van der Waals surface area contributed by atoms with E-state index in [2.05, 4.69) is 15.9 Å². The molecule has 1 heterocycles. The molecule has 1 amide bonds. The van der Waals surface area contributed by atoms with E-state index in [1.165, 1.54) is 10.4 Å². The molecule has 1 fully saturated rings. The molecule has 98 valence electrons. The number of primary amides is 1. The zero-order chi connectivity index (χ0) is 13.3. The largest absolute Gasteiger partial charge is 0.368 e. The number of rotatable bonds is 3. The lowest BCUT2D eigenvalue weighted by Crippen LogP contribution is -2.43. The maximum atomic E-state index is 12.5. The Morgan fingerprint density at radius 2 is 2.06 bits per heavy atom. The first-order valence-corrected chi connectivity index (χ1v) is 7.73. The molecule has 0 bridgehead atoms. The van der Waals surface area contributed by atoms with E-state index in [1.54, 1.807) is 18.2 Å². The monoisotopic (exact) mass is 332 g/mol. The third kappa shape index (κ3) is 2.30. The van der Waals surface area contributed by atoms with Gasteiger partial charge in [-0.25, -0.2) is 8.42 Å². The van der Waals surface area contributed by atoms with Gasteiger partial charge in [-0.2, -0.15) is 4.31 Å². The fraction of sp³-hybridized carbons (Fsp3) is 0.364. The Morgan fingerprint density at radius 1 is 1.39 bits per heavy atom. The highest BCUT2D eigenvalue weighted by Gasteiger charge is 2.38. The molecule has 0 aliphatic carbocycles. The van der Waals surface area contributed by atoms with Crippen molar-refractivity contribution in [3.63, 3.8) is 0 Å². The third-order valence-corrected chi connectivity index (χ3v) is 5.88. The second-order valence-corrected chi connectivity index (χ2v) is 6.82. The summed E-state index contributed by atoms with van der Waals surface area (Å²) in [5.41, 5.74) is 5.24. The summed E-state index contributed by atoms with van der Waals surface area (Å²) in [6.45, 7) is 0.331. The molecule has 1 aromatic rings. The van der Waals surface area contributed by atoms with Crippen molar-refractivity contribution in [2.24, 2.45) is 5.73 Å². The topological polar surface area (TPSA) is 80.5 Å². The number of carbonyl (C=O) groups is 1. The predicted octanol–water partition coefficient (Wildman–Crippen LogP) is 1.09. The van der Waals surface area contributed by atoms with Gasteiger partial charge in [-0.1, -0.05) is 12.1 Å². The summed E-state index contributed by atoms with van der Waals surface area (Å²) in [6, 6.07) is 5.81. The summed E-state index contributed by atoms with van der Waals surface area (Å²) in [5, 5.41) is 0. The molecule has 18 heavy (non-hydrogen) atoms. The molecular weight excluding hydrogens is 320 g/mol. The van der Waals surface area contributed by atoms with Crippen LogP contribution in [0.1, 0.15) is 12.8 Å². The number of nitrogens with two attached hydrogens (primary N) is 1. The van der Waals surface area contributed by atoms with Gasteiger partial charge in [-0.15, -0.1) is 0 Å². The second kappa shape index (κ2) is 4.99. The first-order chi connectivity index (χ1) is 8.44. The van der Waals surface area contributed by atoms with Crippen LogP contribution in [0.5, 0.6) is 0 Å². The van der Waals surface area contributed by atoms with Crippen molar-refractivity contribution in [1.82, 2.24) is 4.31 Å². The van der Waals surface area contributed by atoms with E-state index in [1.807, 2.05) is 0 Å². The zero-order valence-electron chi connectivity index (χ0n) is 9.54. The van der Waals surface area contributed by atoms with Crippen molar-refractivity contribution < 1.29 is 13.2 Å². The fourth-order valence-corrected chi connectivity index (χ4v) is 4.72. The van der Waals surface area contributed by atoms with Gasteiger partial charge < -0.3 is 5.73 Å². The number of sulfonamides is 1. The molecule has 2 N–H and O–H groups in total. The fourth-order valence-electron chi connectivity index (χ4n) is 2.09. The van der Waals surface area contributed by atoms with Crippen molar-refractivity contribution in [3.8, 4) is 0 Å². The van der Waals surface area contributed by atoms with Crippen molar-refractivity contribution in [2.45, 2.75) is 23.8 Å². The molecule has 0 unspecified atom stereocenters. The van der Waals surface area contributed by atoms with Crippen LogP contribution in [0.4, 0.5) is 0 Å². The maximum Gasteiger partial charge on any atom is 0.244 e. The average molecular weight is 333 g/mol. The Bertz CT molecular complexity index is 573. The number of hydrogen-bond acceptors (Lipinski definition) is 3. The van der Waals surface area contributed by atoms with E-state index in [0.29, 0.717) is 23.9 Å². The number of benzene rings is 1. The molecule has 2 rings (SSSR count). The number of nitrogens with zero attached hydrogens (tertiary/aromatic N) is 1. The molecule has 5 nitrogen and oxygen atoms in total. The highest BCUT2D eigenvalue weighted by Crippen LogP contribution is 2.29. The van der Waals surface area contributed by atoms with Crippen LogP contribution in [-0.4, -0.2) is 31.2 Å². The first-order valence-electron chi connectivity index (χ1n) is 5.50. The smallest absolute Gasteiger partial charge is 0.244 e. The Morgan fingerprint density at radius 3 is 2.67 bits per heavy atom. The Labute approximate surface area is 114 Å². The maximum absolute atomic E-state index is 12.5. The minimum atomic E-state index is -3.68. The van der Waals surface area contributed by atoms with Gasteiger partial charge in [0.25, 0.3) is 0 Å². The lowest BCUT2D eigenvalue weighted by molar-refractivity contribution is -0.121. The van der Waals surface area contributed by atoms with Crippen LogP contribution in [-0.2, 0) is 14.8 Å². The number of hydrogen-bond donors (Lipinski definition) is 1. The van der Waals surface area contributed by atoms with E-state index in [0.717, 1.165) is 0 Å². The van der Waals surface area contributed by atoms with Crippen molar-refractivity contribution in [1.29, 1.82) is 0 Å². The van der Waals surface area contributed by atoms with Crippen molar-refractivity contribution in [3.05, 3.63) is 28.7 Å². The minimum absolute atomic E-state index is 0.165. The summed E-state index contributed by atoms with van der Waals surface area (Å²) < 4.78 is 26.6. The third-order valence-electron chi connectivity index (χ3n) is 2.96. The highest BCUT2D eigenvalue weighted by molar-refractivity contribution is 9.10. The first kappa shape index (κ1) is 13.5. The molecule has 1 saturated heterocycles. The quantitative estimate of drug-likeness (QED) is 0.899. The Hall–Kier alpha value is -0.920. The summed E-state index contributed by atoms with van der Waals surface area (Å²) >= 11 is 3.21. The van der Waals surface area contributed by atoms with E-state index in [9.17, 15) is 13.2 Å². The Balaban J connectivity index is 2.43. The van der Waals surface area contributed by atoms with E-state index in [-0.39, 0.29) is 4.90 Å². The minimum Gasteiger partial charge on any atom is -0.368 e. The summed E-state index contributed by atoms with van der Waals surface area (Å²) in [4.78, 5) is 11.4. The van der Waals surface area contributed by atoms with Crippen LogP contribution in [0.2, 0.25) is 0 Å². The van der Waals surface area contributed by atoms with Crippen molar-refractivity contribution >= 4 is 31.9 Å². The normalized spacial score (nSPS) is 21.1. The summed E-state index contributed by atoms with van der Waals surface area (Å²) in [6.07, 6.45) is 1.14. The molecule has 1 aliphatic heterocycles. The summed E-state index contributed by atoms with van der Waals surface area (Å²) in [5.74, 6) is -0.594. The molecule has 0 spiro atoms. The Kier molecular flexibility index (Phi) is 3.74. The number of carbonyl (C=O) groups excluding carboxylic acids is 1. The van der Waals surface area contributed by atoms with Crippen LogP contribution in [0.15, 0.2) is 33.6 Å². The standard InChI is InChI=1S/C11H13BrN2O3S/c12-8-4-1-2-6-10(8)18(16,17)14-7-3-5-9(14)11(13)15/h1-2,4,6,9H,3,5,7H2,(H2,13,15)/t9-/m1/s1. The number of halogens is 1. The highest BCUT2D eigenvalue weighted by atomic mass is 79.9. The van der Waals surface area contributed by atoms with E-state index in [4.69, 9.17) is 5.73 Å². The average Bonchev–Trinajstić information content (AvgIpc) is 2.78. The molecule has 1 aliphatic rings. The molecule has 0 radical (unpaired) electrons.